The molecule has 1 N–H and O–H groups in total. The Labute approximate surface area is 160 Å². The van der Waals surface area contributed by atoms with Crippen molar-refractivity contribution in [2.45, 2.75) is 59.0 Å². The Balaban J connectivity index is 6.18. The molecule has 0 saturated carbocycles. The molecule has 0 aliphatic heterocycles. The Morgan fingerprint density at radius 3 is 1.43 bits per heavy atom. The van der Waals surface area contributed by atoms with Gasteiger partial charge in [0.2, 0.25) is 6.10 Å². The third-order valence-corrected chi connectivity index (χ3v) is 2.90. The van der Waals surface area contributed by atoms with E-state index in [2.05, 4.69) is 4.74 Å². The van der Waals surface area contributed by atoms with Gasteiger partial charge in [-0.3, -0.25) is 24.0 Å². The molecule has 0 rings (SSSR count). The Kier molecular flexibility index (Phi) is 10.2. The van der Waals surface area contributed by atoms with Gasteiger partial charge in [0.25, 0.3) is 0 Å². The molecule has 12 heteroatoms. The molecular formula is C16H22O12. The summed E-state index contributed by atoms with van der Waals surface area (Å²) in [7, 11) is 0. The molecule has 0 radical (unpaired) electrons. The highest BCUT2D eigenvalue weighted by molar-refractivity contribution is 5.78. The average molecular weight is 406 g/mol. The van der Waals surface area contributed by atoms with Crippen LogP contribution in [-0.2, 0) is 52.5 Å². The molecule has 0 aromatic rings. The summed E-state index contributed by atoms with van der Waals surface area (Å²) in [6.07, 6.45) is -7.36. The number of hydrogen-bond acceptors (Lipinski definition) is 11. The van der Waals surface area contributed by atoms with Crippen molar-refractivity contribution < 1.29 is 57.6 Å². The van der Waals surface area contributed by atoms with E-state index in [1.54, 1.807) is 0 Å². The average Bonchev–Trinajstić information content (AvgIpc) is 2.51. The molecule has 0 aliphatic rings. The van der Waals surface area contributed by atoms with Gasteiger partial charge in [0.05, 0.1) is 0 Å². The van der Waals surface area contributed by atoms with Crippen molar-refractivity contribution in [2.24, 2.45) is 0 Å². The Morgan fingerprint density at radius 1 is 0.643 bits per heavy atom. The van der Waals surface area contributed by atoms with Crippen LogP contribution in [0.1, 0.15) is 34.6 Å². The molecule has 0 aromatic heterocycles. The number of carbonyl (C=O) groups excluding carboxylic acids is 5. The number of esters is 5. The summed E-state index contributed by atoms with van der Waals surface area (Å²) >= 11 is 0. The first-order chi connectivity index (χ1) is 12.8. The van der Waals surface area contributed by atoms with E-state index in [0.29, 0.717) is 0 Å². The standard InChI is InChI=1S/C16H22O12/c1-7(17)24-6-12(25-8(2)18)13(26-9(3)19)14(27-10(4)20)15(16(22)23)28-11(5)21/h12-15H,6H2,1-5H3,(H,22,23)/t12-,13+,14-,15+/m0/s1. The van der Waals surface area contributed by atoms with Crippen LogP contribution >= 0.6 is 0 Å². The molecule has 0 amide bonds. The smallest absolute Gasteiger partial charge is 0.349 e. The lowest BCUT2D eigenvalue weighted by atomic mass is 10.0. The number of rotatable bonds is 10. The summed E-state index contributed by atoms with van der Waals surface area (Å²) in [6, 6.07) is 0. The molecule has 0 aliphatic carbocycles. The second-order valence-electron chi connectivity index (χ2n) is 5.47. The highest BCUT2D eigenvalue weighted by Gasteiger charge is 2.47. The first-order valence-electron chi connectivity index (χ1n) is 7.90. The molecule has 12 nitrogen and oxygen atoms in total. The van der Waals surface area contributed by atoms with Crippen LogP contribution in [-0.4, -0.2) is 71.9 Å². The van der Waals surface area contributed by atoms with Gasteiger partial charge in [-0.2, -0.15) is 0 Å². The quantitative estimate of drug-likeness (QED) is 0.360. The predicted octanol–water partition coefficient (Wildman–Crippen LogP) is -0.639. The van der Waals surface area contributed by atoms with Crippen LogP contribution < -0.4 is 0 Å². The summed E-state index contributed by atoms with van der Waals surface area (Å²) in [4.78, 5) is 68.3. The number of carboxylic acids is 1. The van der Waals surface area contributed by atoms with Crippen LogP contribution in [0, 0.1) is 0 Å². The molecule has 28 heavy (non-hydrogen) atoms. The van der Waals surface area contributed by atoms with E-state index in [1.807, 2.05) is 0 Å². The van der Waals surface area contributed by atoms with Crippen molar-refractivity contribution in [1.29, 1.82) is 0 Å². The molecule has 0 heterocycles. The van der Waals surface area contributed by atoms with Crippen LogP contribution in [0.25, 0.3) is 0 Å². The van der Waals surface area contributed by atoms with E-state index < -0.39 is 66.8 Å². The maximum atomic E-state index is 11.6. The van der Waals surface area contributed by atoms with Crippen LogP contribution in [0.4, 0.5) is 0 Å². The third kappa shape index (κ3) is 9.50. The van der Waals surface area contributed by atoms with Crippen molar-refractivity contribution in [3.05, 3.63) is 0 Å². The minimum atomic E-state index is -2.11. The van der Waals surface area contributed by atoms with Gasteiger partial charge in [-0.25, -0.2) is 4.79 Å². The van der Waals surface area contributed by atoms with Gasteiger partial charge in [-0.1, -0.05) is 0 Å². The molecule has 158 valence electrons. The Morgan fingerprint density at radius 2 is 1.07 bits per heavy atom. The van der Waals surface area contributed by atoms with Gasteiger partial charge in [0.1, 0.15) is 6.61 Å². The number of carbonyl (C=O) groups is 6. The van der Waals surface area contributed by atoms with Gasteiger partial charge in [0, 0.05) is 34.6 Å². The zero-order valence-corrected chi connectivity index (χ0v) is 16.0. The van der Waals surface area contributed by atoms with E-state index >= 15 is 0 Å². The SMILES string of the molecule is CC(=O)OC[C@H](OC(C)=O)[C@@H](OC(C)=O)[C@H](OC(C)=O)[C@@H](OC(C)=O)C(=O)O. The van der Waals surface area contributed by atoms with Crippen molar-refractivity contribution in [1.82, 2.24) is 0 Å². The second kappa shape index (κ2) is 11.5. The van der Waals surface area contributed by atoms with Crippen molar-refractivity contribution in [3.63, 3.8) is 0 Å². The van der Waals surface area contributed by atoms with E-state index in [-0.39, 0.29) is 0 Å². The van der Waals surface area contributed by atoms with Gasteiger partial charge >= 0.3 is 35.8 Å². The highest BCUT2D eigenvalue weighted by Crippen LogP contribution is 2.20. The van der Waals surface area contributed by atoms with Crippen LogP contribution in [0.15, 0.2) is 0 Å². The fraction of sp³-hybridized carbons (Fsp3) is 0.625. The number of hydrogen-bond donors (Lipinski definition) is 1. The first-order valence-corrected chi connectivity index (χ1v) is 7.90. The van der Waals surface area contributed by atoms with Crippen LogP contribution in [0.2, 0.25) is 0 Å². The van der Waals surface area contributed by atoms with E-state index in [0.717, 1.165) is 34.6 Å². The van der Waals surface area contributed by atoms with E-state index in [9.17, 15) is 33.9 Å². The summed E-state index contributed by atoms with van der Waals surface area (Å²) in [5.41, 5.74) is 0. The van der Waals surface area contributed by atoms with Crippen LogP contribution in [0.3, 0.4) is 0 Å². The van der Waals surface area contributed by atoms with Gasteiger partial charge < -0.3 is 28.8 Å². The lowest BCUT2D eigenvalue weighted by molar-refractivity contribution is -0.206. The first kappa shape index (κ1) is 24.8. The molecular weight excluding hydrogens is 384 g/mol. The lowest BCUT2D eigenvalue weighted by Crippen LogP contribution is -2.55. The monoisotopic (exact) mass is 406 g/mol. The lowest BCUT2D eigenvalue weighted by Gasteiger charge is -2.33. The summed E-state index contributed by atoms with van der Waals surface area (Å²) in [5, 5.41) is 9.37. The minimum absolute atomic E-state index is 0.656. The van der Waals surface area contributed by atoms with E-state index in [4.69, 9.17) is 18.9 Å². The fourth-order valence-electron chi connectivity index (χ4n) is 2.08. The van der Waals surface area contributed by atoms with Crippen LogP contribution in [0.5, 0.6) is 0 Å². The van der Waals surface area contributed by atoms with Crippen molar-refractivity contribution in [3.8, 4) is 0 Å². The highest BCUT2D eigenvalue weighted by atomic mass is 16.6. The third-order valence-electron chi connectivity index (χ3n) is 2.90. The fourth-order valence-corrected chi connectivity index (χ4v) is 2.08. The second-order valence-corrected chi connectivity index (χ2v) is 5.47. The van der Waals surface area contributed by atoms with Gasteiger partial charge in [0.15, 0.2) is 18.3 Å². The minimum Gasteiger partial charge on any atom is -0.478 e. The van der Waals surface area contributed by atoms with E-state index in [1.165, 1.54) is 0 Å². The molecule has 0 bridgehead atoms. The maximum Gasteiger partial charge on any atom is 0.349 e. The zero-order chi connectivity index (χ0) is 22.0. The molecule has 4 atom stereocenters. The molecule has 0 fully saturated rings. The topological polar surface area (TPSA) is 169 Å². The molecule has 0 saturated heterocycles. The maximum absolute atomic E-state index is 11.6. The Bertz CT molecular complexity index is 625. The van der Waals surface area contributed by atoms with Gasteiger partial charge in [-0.05, 0) is 0 Å². The summed E-state index contributed by atoms with van der Waals surface area (Å²) in [5.74, 6) is -6.40. The van der Waals surface area contributed by atoms with Gasteiger partial charge in [-0.15, -0.1) is 0 Å². The van der Waals surface area contributed by atoms with Crippen molar-refractivity contribution >= 4 is 35.8 Å². The molecule has 0 unspecified atom stereocenters. The number of ether oxygens (including phenoxy) is 5. The molecule has 0 aromatic carbocycles. The normalized spacial score (nSPS) is 14.5. The Hall–Kier alpha value is -3.18. The number of aliphatic carboxylic acids is 1. The summed E-state index contributed by atoms with van der Waals surface area (Å²) < 4.78 is 24.2. The molecule has 0 spiro atoms. The van der Waals surface area contributed by atoms with Crippen molar-refractivity contribution in [2.75, 3.05) is 6.61 Å². The largest absolute Gasteiger partial charge is 0.478 e. The predicted molar refractivity (Wildman–Crippen MR) is 86.5 cm³/mol. The summed E-state index contributed by atoms with van der Waals surface area (Å²) in [6.45, 7) is 4.18. The zero-order valence-electron chi connectivity index (χ0n) is 16.0. The number of carboxylic acid groups (broad SMARTS) is 1.